The standard InChI is InChI=1S/C44H80O2/c1-7-8-9-10-11-12-13-14-15-16-17-18-19-23-42(45)46-33-36(4)34(2)24-25-35(3)39-28-29-40-38-27-26-37-22-20-21-31-43(37,5)41(38)30-32-44(39,40)6/h34-41H,7-33H2,1-6H3/t34-,35+,36?,37?,38-,39+,40-,41-,43-,44+/m0/s1. The molecule has 4 rings (SSSR count). The molecule has 268 valence electrons. The molecule has 0 heterocycles. The lowest BCUT2D eigenvalue weighted by Crippen LogP contribution is -2.53. The Morgan fingerprint density at radius 1 is 0.652 bits per heavy atom. The van der Waals surface area contributed by atoms with E-state index in [-0.39, 0.29) is 5.97 Å². The van der Waals surface area contributed by atoms with Crippen molar-refractivity contribution in [3.63, 3.8) is 0 Å². The van der Waals surface area contributed by atoms with Gasteiger partial charge in [-0.1, -0.05) is 144 Å². The Balaban J connectivity index is 1.06. The Hall–Kier alpha value is -0.530. The van der Waals surface area contributed by atoms with Gasteiger partial charge in [0.2, 0.25) is 0 Å². The predicted octanol–water partition coefficient (Wildman–Crippen LogP) is 13.7. The van der Waals surface area contributed by atoms with Crippen LogP contribution in [0.1, 0.15) is 208 Å². The van der Waals surface area contributed by atoms with Gasteiger partial charge in [0, 0.05) is 6.42 Å². The van der Waals surface area contributed by atoms with Crippen molar-refractivity contribution in [2.45, 2.75) is 208 Å². The molecular formula is C44H80O2. The van der Waals surface area contributed by atoms with Gasteiger partial charge in [-0.05, 0) is 116 Å². The molecule has 0 spiro atoms. The summed E-state index contributed by atoms with van der Waals surface area (Å²) in [4.78, 5) is 12.5. The lowest BCUT2D eigenvalue weighted by Gasteiger charge is -2.61. The number of hydrogen-bond donors (Lipinski definition) is 0. The molecule has 4 aliphatic carbocycles. The van der Waals surface area contributed by atoms with E-state index in [2.05, 4.69) is 41.5 Å². The predicted molar refractivity (Wildman–Crippen MR) is 198 cm³/mol. The van der Waals surface area contributed by atoms with Gasteiger partial charge in [0.05, 0.1) is 6.61 Å². The normalized spacial score (nSPS) is 34.3. The second kappa shape index (κ2) is 19.0. The summed E-state index contributed by atoms with van der Waals surface area (Å²) in [7, 11) is 0. The molecule has 2 heteroatoms. The summed E-state index contributed by atoms with van der Waals surface area (Å²) in [6.45, 7) is 15.7. The highest BCUT2D eigenvalue weighted by Gasteiger charge is 2.60. The first-order valence-electron chi connectivity index (χ1n) is 21.4. The first kappa shape index (κ1) is 38.3. The topological polar surface area (TPSA) is 26.3 Å². The zero-order valence-corrected chi connectivity index (χ0v) is 32.0. The van der Waals surface area contributed by atoms with Crippen LogP contribution < -0.4 is 0 Å². The van der Waals surface area contributed by atoms with Crippen molar-refractivity contribution in [1.29, 1.82) is 0 Å². The van der Waals surface area contributed by atoms with Gasteiger partial charge >= 0.3 is 5.97 Å². The van der Waals surface area contributed by atoms with Crippen LogP contribution in [0.4, 0.5) is 0 Å². The number of unbranched alkanes of at least 4 members (excludes halogenated alkanes) is 12. The minimum atomic E-state index is 0.0344. The van der Waals surface area contributed by atoms with Crippen LogP contribution in [-0.4, -0.2) is 12.6 Å². The van der Waals surface area contributed by atoms with Crippen LogP contribution in [0.15, 0.2) is 0 Å². The molecule has 10 atom stereocenters. The number of carbonyl (C=O) groups is 1. The Morgan fingerprint density at radius 2 is 1.28 bits per heavy atom. The zero-order valence-electron chi connectivity index (χ0n) is 32.0. The van der Waals surface area contributed by atoms with Gasteiger partial charge in [-0.25, -0.2) is 0 Å². The smallest absolute Gasteiger partial charge is 0.305 e. The highest BCUT2D eigenvalue weighted by Crippen LogP contribution is 2.68. The highest BCUT2D eigenvalue weighted by atomic mass is 16.5. The van der Waals surface area contributed by atoms with Gasteiger partial charge in [-0.15, -0.1) is 0 Å². The molecule has 4 saturated carbocycles. The van der Waals surface area contributed by atoms with E-state index in [9.17, 15) is 4.79 Å². The fraction of sp³-hybridized carbons (Fsp3) is 0.977. The second-order valence-electron chi connectivity index (χ2n) is 18.3. The minimum absolute atomic E-state index is 0.0344. The third-order valence-corrected chi connectivity index (χ3v) is 15.4. The Morgan fingerprint density at radius 3 is 1.96 bits per heavy atom. The Kier molecular flexibility index (Phi) is 15.8. The van der Waals surface area contributed by atoms with Gasteiger partial charge in [-0.2, -0.15) is 0 Å². The molecule has 0 aromatic rings. The van der Waals surface area contributed by atoms with Crippen LogP contribution in [0.5, 0.6) is 0 Å². The van der Waals surface area contributed by atoms with Crippen LogP contribution in [-0.2, 0) is 9.53 Å². The van der Waals surface area contributed by atoms with Crippen molar-refractivity contribution in [2.75, 3.05) is 6.61 Å². The van der Waals surface area contributed by atoms with Crippen molar-refractivity contribution in [3.8, 4) is 0 Å². The van der Waals surface area contributed by atoms with Crippen molar-refractivity contribution < 1.29 is 9.53 Å². The van der Waals surface area contributed by atoms with E-state index in [0.29, 0.717) is 35.7 Å². The van der Waals surface area contributed by atoms with Crippen LogP contribution in [0.3, 0.4) is 0 Å². The van der Waals surface area contributed by atoms with Gasteiger partial charge < -0.3 is 4.74 Å². The van der Waals surface area contributed by atoms with Gasteiger partial charge in [0.15, 0.2) is 0 Å². The van der Waals surface area contributed by atoms with E-state index < -0.39 is 0 Å². The SMILES string of the molecule is CCCCCCCCCCCCCCCC(=O)OCC(C)[C@@H](C)CC[C@@H](C)[C@H]1CC[C@H]2[C@@H]3CCC4CCCC[C@]4(C)[C@H]3CC[C@]12C. The van der Waals surface area contributed by atoms with E-state index in [4.69, 9.17) is 4.74 Å². The fourth-order valence-corrected chi connectivity index (χ4v) is 12.0. The first-order chi connectivity index (χ1) is 22.2. The lowest BCUT2D eigenvalue weighted by atomic mass is 9.44. The van der Waals surface area contributed by atoms with E-state index in [0.717, 1.165) is 41.9 Å². The number of esters is 1. The van der Waals surface area contributed by atoms with Crippen LogP contribution in [0.25, 0.3) is 0 Å². The maximum absolute atomic E-state index is 12.5. The molecule has 46 heavy (non-hydrogen) atoms. The number of rotatable bonds is 21. The van der Waals surface area contributed by atoms with Gasteiger partial charge in [0.25, 0.3) is 0 Å². The van der Waals surface area contributed by atoms with Crippen molar-refractivity contribution in [3.05, 3.63) is 0 Å². The van der Waals surface area contributed by atoms with Crippen molar-refractivity contribution in [2.24, 2.45) is 58.2 Å². The van der Waals surface area contributed by atoms with Gasteiger partial charge in [-0.3, -0.25) is 4.79 Å². The number of hydrogen-bond acceptors (Lipinski definition) is 2. The molecular weight excluding hydrogens is 560 g/mol. The summed E-state index contributed by atoms with van der Waals surface area (Å²) < 4.78 is 5.78. The lowest BCUT2D eigenvalue weighted by molar-refractivity contribution is -0.145. The molecule has 0 aliphatic heterocycles. The molecule has 0 N–H and O–H groups in total. The summed E-state index contributed by atoms with van der Waals surface area (Å²) in [6, 6.07) is 0. The average Bonchev–Trinajstić information content (AvgIpc) is 3.41. The molecule has 4 aliphatic rings. The quantitative estimate of drug-likeness (QED) is 0.0921. The molecule has 0 amide bonds. The van der Waals surface area contributed by atoms with Crippen LogP contribution >= 0.6 is 0 Å². The minimum Gasteiger partial charge on any atom is -0.465 e. The highest BCUT2D eigenvalue weighted by molar-refractivity contribution is 5.69. The van der Waals surface area contributed by atoms with E-state index in [1.54, 1.807) is 6.42 Å². The Bertz CT molecular complexity index is 866. The molecule has 0 radical (unpaired) electrons. The zero-order chi connectivity index (χ0) is 33.0. The summed E-state index contributed by atoms with van der Waals surface area (Å²) in [6.07, 6.45) is 35.8. The number of carbonyl (C=O) groups excluding carboxylic acids is 1. The van der Waals surface area contributed by atoms with Gasteiger partial charge in [0.1, 0.15) is 0 Å². The maximum atomic E-state index is 12.5. The van der Waals surface area contributed by atoms with Crippen molar-refractivity contribution >= 4 is 5.97 Å². The molecule has 4 fully saturated rings. The summed E-state index contributed by atoms with van der Waals surface area (Å²) in [5.41, 5.74) is 1.24. The van der Waals surface area contributed by atoms with E-state index in [1.807, 2.05) is 0 Å². The third kappa shape index (κ3) is 10.0. The average molecular weight is 641 g/mol. The molecule has 0 bridgehead atoms. The summed E-state index contributed by atoms with van der Waals surface area (Å²) in [5.74, 6) is 6.90. The fourth-order valence-electron chi connectivity index (χ4n) is 12.0. The Labute approximate surface area is 288 Å². The number of ether oxygens (including phenoxy) is 1. The summed E-state index contributed by atoms with van der Waals surface area (Å²) >= 11 is 0. The van der Waals surface area contributed by atoms with Crippen LogP contribution in [0, 0.1) is 58.2 Å². The monoisotopic (exact) mass is 641 g/mol. The van der Waals surface area contributed by atoms with E-state index in [1.165, 1.54) is 148 Å². The first-order valence-corrected chi connectivity index (χ1v) is 21.4. The second-order valence-corrected chi connectivity index (χ2v) is 18.3. The van der Waals surface area contributed by atoms with Crippen molar-refractivity contribution in [1.82, 2.24) is 0 Å². The summed E-state index contributed by atoms with van der Waals surface area (Å²) in [5, 5.41) is 0. The molecule has 2 unspecified atom stereocenters. The molecule has 0 aromatic carbocycles. The van der Waals surface area contributed by atoms with E-state index >= 15 is 0 Å². The molecule has 2 nitrogen and oxygen atoms in total. The molecule has 0 aromatic heterocycles. The van der Waals surface area contributed by atoms with Crippen LogP contribution in [0.2, 0.25) is 0 Å². The number of fused-ring (bicyclic) bond motifs is 5. The maximum Gasteiger partial charge on any atom is 0.305 e. The largest absolute Gasteiger partial charge is 0.465 e. The molecule has 0 saturated heterocycles. The third-order valence-electron chi connectivity index (χ3n) is 15.4.